The zero-order chi connectivity index (χ0) is 12.8. The maximum Gasteiger partial charge on any atom is 0.144 e. The van der Waals surface area contributed by atoms with Crippen molar-refractivity contribution in [3.05, 3.63) is 60.2 Å². The molecule has 2 aromatic carbocycles. The number of hydrogen-bond donors (Lipinski definition) is 0. The van der Waals surface area contributed by atoms with Gasteiger partial charge in [0.1, 0.15) is 7.14 Å². The lowest BCUT2D eigenvalue weighted by atomic mass is 9.87. The standard InChI is InChI=1S/C16H17OP/c1-16(2)12-18(17,13-8-4-3-5-9-13)15-11-7-6-10-14(15)16/h3-11H,12H2,1-2H3. The summed E-state index contributed by atoms with van der Waals surface area (Å²) in [6.45, 7) is 4.38. The average molecular weight is 256 g/mol. The van der Waals surface area contributed by atoms with E-state index in [1.807, 2.05) is 48.5 Å². The van der Waals surface area contributed by atoms with Crippen molar-refractivity contribution in [3.63, 3.8) is 0 Å². The fourth-order valence-electron chi connectivity index (χ4n) is 2.99. The summed E-state index contributed by atoms with van der Waals surface area (Å²) >= 11 is 0. The molecule has 1 aliphatic heterocycles. The summed E-state index contributed by atoms with van der Waals surface area (Å²) in [6.07, 6.45) is 0.739. The molecule has 1 unspecified atom stereocenters. The second kappa shape index (κ2) is 3.83. The Morgan fingerprint density at radius 2 is 1.56 bits per heavy atom. The lowest BCUT2D eigenvalue weighted by Gasteiger charge is -2.19. The maximum atomic E-state index is 13.5. The van der Waals surface area contributed by atoms with Crippen molar-refractivity contribution in [1.29, 1.82) is 0 Å². The lowest BCUT2D eigenvalue weighted by Crippen LogP contribution is -2.18. The largest absolute Gasteiger partial charge is 0.314 e. The highest BCUT2D eigenvalue weighted by Crippen LogP contribution is 2.55. The van der Waals surface area contributed by atoms with E-state index < -0.39 is 7.14 Å². The second-order valence-corrected chi connectivity index (χ2v) is 8.43. The van der Waals surface area contributed by atoms with Gasteiger partial charge in [0.05, 0.1) is 0 Å². The van der Waals surface area contributed by atoms with Crippen LogP contribution in [0.2, 0.25) is 0 Å². The molecule has 1 atom stereocenters. The first-order chi connectivity index (χ1) is 8.54. The Kier molecular flexibility index (Phi) is 2.50. The summed E-state index contributed by atoms with van der Waals surface area (Å²) in [5.74, 6) is 0. The Morgan fingerprint density at radius 1 is 0.944 bits per heavy atom. The van der Waals surface area contributed by atoms with Gasteiger partial charge in [-0.05, 0) is 11.0 Å². The predicted molar refractivity (Wildman–Crippen MR) is 77.7 cm³/mol. The van der Waals surface area contributed by atoms with Crippen LogP contribution in [0.3, 0.4) is 0 Å². The summed E-state index contributed by atoms with van der Waals surface area (Å²) in [6, 6.07) is 18.1. The van der Waals surface area contributed by atoms with Crippen molar-refractivity contribution in [3.8, 4) is 0 Å². The van der Waals surface area contributed by atoms with Crippen LogP contribution in [0.1, 0.15) is 19.4 Å². The Hall–Kier alpha value is -1.33. The van der Waals surface area contributed by atoms with Crippen molar-refractivity contribution in [2.45, 2.75) is 19.3 Å². The molecule has 2 aromatic rings. The zero-order valence-electron chi connectivity index (χ0n) is 10.8. The van der Waals surface area contributed by atoms with Crippen LogP contribution in [-0.2, 0) is 9.98 Å². The Bertz CT molecular complexity index is 629. The van der Waals surface area contributed by atoms with Gasteiger partial charge in [-0.3, -0.25) is 0 Å². The quantitative estimate of drug-likeness (QED) is 0.715. The highest BCUT2D eigenvalue weighted by Gasteiger charge is 2.44. The predicted octanol–water partition coefficient (Wildman–Crippen LogP) is 3.29. The van der Waals surface area contributed by atoms with Gasteiger partial charge < -0.3 is 4.57 Å². The molecule has 0 aliphatic carbocycles. The molecular formula is C16H17OP. The van der Waals surface area contributed by atoms with Gasteiger partial charge in [0.15, 0.2) is 0 Å². The molecule has 2 heteroatoms. The van der Waals surface area contributed by atoms with E-state index in [4.69, 9.17) is 0 Å². The highest BCUT2D eigenvalue weighted by atomic mass is 31.2. The number of hydrogen-bond acceptors (Lipinski definition) is 1. The molecule has 18 heavy (non-hydrogen) atoms. The van der Waals surface area contributed by atoms with Crippen molar-refractivity contribution < 1.29 is 4.57 Å². The third kappa shape index (κ3) is 1.58. The van der Waals surface area contributed by atoms with Crippen LogP contribution in [0.25, 0.3) is 0 Å². The first-order valence-electron chi connectivity index (χ1n) is 6.29. The van der Waals surface area contributed by atoms with Gasteiger partial charge in [-0.25, -0.2) is 0 Å². The molecule has 0 N–H and O–H groups in total. The van der Waals surface area contributed by atoms with Crippen molar-refractivity contribution in [1.82, 2.24) is 0 Å². The van der Waals surface area contributed by atoms with Gasteiger partial charge in [0.2, 0.25) is 0 Å². The minimum absolute atomic E-state index is 0.00195. The fourth-order valence-corrected chi connectivity index (χ4v) is 6.65. The van der Waals surface area contributed by atoms with E-state index in [0.29, 0.717) is 0 Å². The van der Waals surface area contributed by atoms with Crippen molar-refractivity contribution in [2.24, 2.45) is 0 Å². The molecule has 0 radical (unpaired) electrons. The van der Waals surface area contributed by atoms with E-state index in [0.717, 1.165) is 16.8 Å². The molecule has 0 spiro atoms. The molecule has 0 amide bonds. The van der Waals surface area contributed by atoms with Gasteiger partial charge in [-0.2, -0.15) is 0 Å². The summed E-state index contributed by atoms with van der Waals surface area (Å²) in [7, 11) is -2.43. The molecule has 92 valence electrons. The minimum Gasteiger partial charge on any atom is -0.314 e. The van der Waals surface area contributed by atoms with Crippen molar-refractivity contribution in [2.75, 3.05) is 6.16 Å². The average Bonchev–Trinajstić information content (AvgIpc) is 2.60. The van der Waals surface area contributed by atoms with Crippen LogP contribution in [0.4, 0.5) is 0 Å². The third-order valence-electron chi connectivity index (χ3n) is 3.81. The van der Waals surface area contributed by atoms with Crippen molar-refractivity contribution >= 4 is 17.8 Å². The van der Waals surface area contributed by atoms with E-state index in [-0.39, 0.29) is 5.41 Å². The first kappa shape index (κ1) is 11.7. The molecule has 0 fully saturated rings. The van der Waals surface area contributed by atoms with Crippen LogP contribution < -0.4 is 10.6 Å². The van der Waals surface area contributed by atoms with Gasteiger partial charge in [0, 0.05) is 16.8 Å². The van der Waals surface area contributed by atoms with E-state index in [1.54, 1.807) is 0 Å². The van der Waals surface area contributed by atoms with E-state index in [9.17, 15) is 4.57 Å². The van der Waals surface area contributed by atoms with Crippen LogP contribution in [0.5, 0.6) is 0 Å². The second-order valence-electron chi connectivity index (χ2n) is 5.63. The van der Waals surface area contributed by atoms with Gasteiger partial charge in [-0.15, -0.1) is 0 Å². The van der Waals surface area contributed by atoms with Gasteiger partial charge >= 0.3 is 0 Å². The highest BCUT2D eigenvalue weighted by molar-refractivity contribution is 7.79. The van der Waals surface area contributed by atoms with Gasteiger partial charge in [0.25, 0.3) is 0 Å². The van der Waals surface area contributed by atoms with E-state index in [1.165, 1.54) is 5.56 Å². The lowest BCUT2D eigenvalue weighted by molar-refractivity contribution is 0.567. The molecule has 1 heterocycles. The smallest absolute Gasteiger partial charge is 0.144 e. The SMILES string of the molecule is CC1(C)CP(=O)(c2ccccc2)c2ccccc21. The zero-order valence-corrected chi connectivity index (χ0v) is 11.7. The Morgan fingerprint density at radius 3 is 2.28 bits per heavy atom. The molecule has 0 bridgehead atoms. The fraction of sp³-hybridized carbons (Fsp3) is 0.250. The molecule has 3 rings (SSSR count). The normalized spacial score (nSPS) is 24.8. The molecule has 1 nitrogen and oxygen atoms in total. The van der Waals surface area contributed by atoms with E-state index >= 15 is 0 Å². The molecule has 1 aliphatic rings. The number of fused-ring (bicyclic) bond motifs is 1. The van der Waals surface area contributed by atoms with Crippen LogP contribution in [0, 0.1) is 0 Å². The van der Waals surface area contributed by atoms with Crippen LogP contribution in [-0.4, -0.2) is 6.16 Å². The molecular weight excluding hydrogens is 239 g/mol. The van der Waals surface area contributed by atoms with Gasteiger partial charge in [-0.1, -0.05) is 68.4 Å². The monoisotopic (exact) mass is 256 g/mol. The maximum absolute atomic E-state index is 13.5. The molecule has 0 saturated heterocycles. The third-order valence-corrected chi connectivity index (χ3v) is 7.35. The first-order valence-corrected chi connectivity index (χ1v) is 8.18. The topological polar surface area (TPSA) is 17.1 Å². The molecule has 0 saturated carbocycles. The van der Waals surface area contributed by atoms with E-state index in [2.05, 4.69) is 19.9 Å². The number of benzene rings is 2. The summed E-state index contributed by atoms with van der Waals surface area (Å²) < 4.78 is 13.5. The summed E-state index contributed by atoms with van der Waals surface area (Å²) in [5.41, 5.74) is 1.25. The minimum atomic E-state index is -2.43. The summed E-state index contributed by atoms with van der Waals surface area (Å²) in [4.78, 5) is 0. The number of rotatable bonds is 1. The Balaban J connectivity index is 2.26. The van der Waals surface area contributed by atoms with Crippen LogP contribution >= 0.6 is 7.14 Å². The summed E-state index contributed by atoms with van der Waals surface area (Å²) in [5, 5.41) is 2.05. The molecule has 0 aromatic heterocycles. The Labute approximate surface area is 108 Å². The van der Waals surface area contributed by atoms with Crippen LogP contribution in [0.15, 0.2) is 54.6 Å².